The molecule has 0 fully saturated rings. The molecule has 15 heavy (non-hydrogen) atoms. The SMILES string of the molecule is CCc1ccc(OC)c(NC(=O)C#N)c1. The molecule has 0 aliphatic carbocycles. The van der Waals surface area contributed by atoms with Gasteiger partial charge in [0.15, 0.2) is 6.07 Å². The molecule has 0 bridgehead atoms. The number of aryl methyl sites for hydroxylation is 1. The number of rotatable bonds is 3. The number of hydrogen-bond donors (Lipinski definition) is 1. The Kier molecular flexibility index (Phi) is 3.69. The summed E-state index contributed by atoms with van der Waals surface area (Å²) in [6.45, 7) is 2.01. The van der Waals surface area contributed by atoms with Gasteiger partial charge in [0.1, 0.15) is 5.75 Å². The summed E-state index contributed by atoms with van der Waals surface area (Å²) in [7, 11) is 1.52. The Hall–Kier alpha value is -2.02. The summed E-state index contributed by atoms with van der Waals surface area (Å²) in [4.78, 5) is 10.9. The first-order chi connectivity index (χ1) is 7.21. The van der Waals surface area contributed by atoms with Crippen LogP contribution >= 0.6 is 0 Å². The molecular formula is C11H12N2O2. The largest absolute Gasteiger partial charge is 0.495 e. The van der Waals surface area contributed by atoms with Crippen LogP contribution in [0.1, 0.15) is 12.5 Å². The Balaban J connectivity index is 3.02. The van der Waals surface area contributed by atoms with Crippen LogP contribution < -0.4 is 10.1 Å². The first-order valence-corrected chi connectivity index (χ1v) is 4.59. The average molecular weight is 204 g/mol. The van der Waals surface area contributed by atoms with Gasteiger partial charge in [0, 0.05) is 0 Å². The Morgan fingerprint density at radius 2 is 2.33 bits per heavy atom. The number of methoxy groups -OCH3 is 1. The van der Waals surface area contributed by atoms with Crippen molar-refractivity contribution < 1.29 is 9.53 Å². The summed E-state index contributed by atoms with van der Waals surface area (Å²) in [5, 5.41) is 10.8. The predicted octanol–water partition coefficient (Wildman–Crippen LogP) is 1.72. The van der Waals surface area contributed by atoms with Gasteiger partial charge >= 0.3 is 5.91 Å². The molecule has 1 amide bonds. The summed E-state index contributed by atoms with van der Waals surface area (Å²) in [6, 6.07) is 6.98. The molecule has 0 heterocycles. The van der Waals surface area contributed by atoms with Crippen molar-refractivity contribution in [2.75, 3.05) is 12.4 Å². The number of benzene rings is 1. The molecule has 1 aromatic rings. The number of carbonyl (C=O) groups is 1. The van der Waals surface area contributed by atoms with Crippen LogP contribution in [0.25, 0.3) is 0 Å². The van der Waals surface area contributed by atoms with E-state index in [0.717, 1.165) is 12.0 Å². The number of carbonyl (C=O) groups excluding carboxylic acids is 1. The highest BCUT2D eigenvalue weighted by Crippen LogP contribution is 2.25. The molecule has 0 saturated heterocycles. The summed E-state index contributed by atoms with van der Waals surface area (Å²) >= 11 is 0. The van der Waals surface area contributed by atoms with Crippen molar-refractivity contribution in [2.24, 2.45) is 0 Å². The molecule has 4 nitrogen and oxygen atoms in total. The Labute approximate surface area is 88.5 Å². The van der Waals surface area contributed by atoms with Crippen LogP contribution in [0, 0.1) is 11.3 Å². The molecule has 0 aliphatic rings. The molecule has 1 aromatic carbocycles. The predicted molar refractivity (Wildman–Crippen MR) is 56.6 cm³/mol. The number of nitrogens with one attached hydrogen (secondary N) is 1. The smallest absolute Gasteiger partial charge is 0.326 e. The molecule has 0 aliphatic heterocycles. The van der Waals surface area contributed by atoms with Gasteiger partial charge in [-0.25, -0.2) is 0 Å². The number of nitriles is 1. The van der Waals surface area contributed by atoms with Crippen molar-refractivity contribution in [1.29, 1.82) is 5.26 Å². The highest BCUT2D eigenvalue weighted by Gasteiger charge is 2.06. The van der Waals surface area contributed by atoms with Gasteiger partial charge in [-0.05, 0) is 24.1 Å². The summed E-state index contributed by atoms with van der Waals surface area (Å²) in [5.41, 5.74) is 1.60. The zero-order valence-corrected chi connectivity index (χ0v) is 8.70. The summed E-state index contributed by atoms with van der Waals surface area (Å²) in [5.74, 6) is -0.141. The monoisotopic (exact) mass is 204 g/mol. The summed E-state index contributed by atoms with van der Waals surface area (Å²) in [6.07, 6.45) is 0.861. The standard InChI is InChI=1S/C11H12N2O2/c1-3-8-4-5-10(15-2)9(6-8)13-11(14)7-12/h4-6H,3H2,1-2H3,(H,13,14). The third-order valence-electron chi connectivity index (χ3n) is 2.02. The highest BCUT2D eigenvalue weighted by molar-refractivity contribution is 6.03. The van der Waals surface area contributed by atoms with Gasteiger partial charge in [0.05, 0.1) is 12.8 Å². The third-order valence-corrected chi connectivity index (χ3v) is 2.02. The van der Waals surface area contributed by atoms with Crippen LogP contribution in [0.4, 0.5) is 5.69 Å². The van der Waals surface area contributed by atoms with Gasteiger partial charge < -0.3 is 10.1 Å². The quantitative estimate of drug-likeness (QED) is 0.762. The van der Waals surface area contributed by atoms with E-state index < -0.39 is 5.91 Å². The van der Waals surface area contributed by atoms with E-state index in [9.17, 15) is 4.79 Å². The van der Waals surface area contributed by atoms with Crippen molar-refractivity contribution in [3.63, 3.8) is 0 Å². The van der Waals surface area contributed by atoms with Gasteiger partial charge in [-0.1, -0.05) is 13.0 Å². The van der Waals surface area contributed by atoms with Crippen LogP contribution in [0.3, 0.4) is 0 Å². The molecule has 0 saturated carbocycles. The molecular weight excluding hydrogens is 192 g/mol. The van der Waals surface area contributed by atoms with Gasteiger partial charge in [0.2, 0.25) is 0 Å². The van der Waals surface area contributed by atoms with Crippen LogP contribution in [-0.2, 0) is 11.2 Å². The molecule has 78 valence electrons. The second kappa shape index (κ2) is 5.01. The van der Waals surface area contributed by atoms with Gasteiger partial charge in [0.25, 0.3) is 0 Å². The minimum atomic E-state index is -0.693. The second-order valence-corrected chi connectivity index (χ2v) is 2.95. The zero-order valence-electron chi connectivity index (χ0n) is 8.70. The molecule has 1 N–H and O–H groups in total. The van der Waals surface area contributed by atoms with Crippen molar-refractivity contribution >= 4 is 11.6 Å². The van der Waals surface area contributed by atoms with E-state index in [4.69, 9.17) is 10.00 Å². The fourth-order valence-corrected chi connectivity index (χ4v) is 1.22. The van der Waals surface area contributed by atoms with E-state index in [-0.39, 0.29) is 0 Å². The Bertz CT molecular complexity index is 408. The van der Waals surface area contributed by atoms with E-state index in [2.05, 4.69) is 5.32 Å². The topological polar surface area (TPSA) is 62.1 Å². The number of amides is 1. The lowest BCUT2D eigenvalue weighted by Gasteiger charge is -2.09. The first kappa shape index (κ1) is 11.1. The number of anilines is 1. The maximum absolute atomic E-state index is 10.9. The lowest BCUT2D eigenvalue weighted by atomic mass is 10.1. The fraction of sp³-hybridized carbons (Fsp3) is 0.273. The molecule has 0 aromatic heterocycles. The molecule has 4 heteroatoms. The normalized spacial score (nSPS) is 9.13. The van der Waals surface area contributed by atoms with E-state index in [0.29, 0.717) is 11.4 Å². The number of ether oxygens (including phenoxy) is 1. The van der Waals surface area contributed by atoms with E-state index in [1.54, 1.807) is 12.1 Å². The molecule has 0 atom stereocenters. The fourth-order valence-electron chi connectivity index (χ4n) is 1.22. The third kappa shape index (κ3) is 2.71. The highest BCUT2D eigenvalue weighted by atomic mass is 16.5. The van der Waals surface area contributed by atoms with Gasteiger partial charge in [-0.2, -0.15) is 5.26 Å². The van der Waals surface area contributed by atoms with E-state index in [1.165, 1.54) is 13.2 Å². The maximum atomic E-state index is 10.9. The number of nitrogens with zero attached hydrogens (tertiary/aromatic N) is 1. The molecule has 0 radical (unpaired) electrons. The van der Waals surface area contributed by atoms with Crippen molar-refractivity contribution in [3.05, 3.63) is 23.8 Å². The minimum Gasteiger partial charge on any atom is -0.495 e. The first-order valence-electron chi connectivity index (χ1n) is 4.59. The van der Waals surface area contributed by atoms with Crippen molar-refractivity contribution in [1.82, 2.24) is 0 Å². The molecule has 0 spiro atoms. The van der Waals surface area contributed by atoms with Gasteiger partial charge in [-0.15, -0.1) is 0 Å². The zero-order chi connectivity index (χ0) is 11.3. The maximum Gasteiger partial charge on any atom is 0.326 e. The van der Waals surface area contributed by atoms with E-state index >= 15 is 0 Å². The van der Waals surface area contributed by atoms with Crippen LogP contribution in [0.15, 0.2) is 18.2 Å². The van der Waals surface area contributed by atoms with Crippen LogP contribution in [0.2, 0.25) is 0 Å². The van der Waals surface area contributed by atoms with Crippen molar-refractivity contribution in [3.8, 4) is 11.8 Å². The van der Waals surface area contributed by atoms with Crippen LogP contribution in [0.5, 0.6) is 5.75 Å². The average Bonchev–Trinajstić information content (AvgIpc) is 2.28. The summed E-state index contributed by atoms with van der Waals surface area (Å²) < 4.78 is 5.07. The second-order valence-electron chi connectivity index (χ2n) is 2.95. The number of hydrogen-bond acceptors (Lipinski definition) is 3. The minimum absolute atomic E-state index is 0.531. The molecule has 0 unspecified atom stereocenters. The van der Waals surface area contributed by atoms with Crippen molar-refractivity contribution in [2.45, 2.75) is 13.3 Å². The lowest BCUT2D eigenvalue weighted by Crippen LogP contribution is -2.09. The Morgan fingerprint density at radius 3 is 2.87 bits per heavy atom. The lowest BCUT2D eigenvalue weighted by molar-refractivity contribution is -0.111. The van der Waals surface area contributed by atoms with Crippen LogP contribution in [-0.4, -0.2) is 13.0 Å². The Morgan fingerprint density at radius 1 is 1.60 bits per heavy atom. The molecule has 1 rings (SSSR count). The van der Waals surface area contributed by atoms with E-state index in [1.807, 2.05) is 13.0 Å². The van der Waals surface area contributed by atoms with Gasteiger partial charge in [-0.3, -0.25) is 4.79 Å².